The Morgan fingerprint density at radius 1 is 0.879 bits per heavy atom. The first-order valence-corrected chi connectivity index (χ1v) is 12.4. The zero-order chi connectivity index (χ0) is 24.2. The lowest BCUT2D eigenvalue weighted by Crippen LogP contribution is -2.52. The van der Waals surface area contributed by atoms with Crippen LogP contribution in [0.1, 0.15) is 50.0 Å². The monoisotopic (exact) mass is 470 g/mol. The average molecular weight is 471 g/mol. The molecule has 0 aliphatic heterocycles. The van der Waals surface area contributed by atoms with Crippen LogP contribution in [-0.2, 0) is 20.9 Å². The van der Waals surface area contributed by atoms with Crippen molar-refractivity contribution in [1.82, 2.24) is 10.6 Å². The lowest BCUT2D eigenvalue weighted by Gasteiger charge is -2.25. The van der Waals surface area contributed by atoms with Gasteiger partial charge in [-0.05, 0) is 43.1 Å². The van der Waals surface area contributed by atoms with E-state index in [1.165, 1.54) is 6.92 Å². The van der Waals surface area contributed by atoms with Gasteiger partial charge in [0.2, 0.25) is 5.91 Å². The maximum absolute atomic E-state index is 13.1. The lowest BCUT2D eigenvalue weighted by atomic mass is 10.00. The molecule has 0 saturated heterocycles. The Kier molecular flexibility index (Phi) is 11.0. The minimum Gasteiger partial charge on any atom is -0.445 e. The second-order valence-electron chi connectivity index (χ2n) is 8.43. The summed E-state index contributed by atoms with van der Waals surface area (Å²) in [5, 5.41) is 5.60. The normalized spacial score (nSPS) is 13.6. The largest absolute Gasteiger partial charge is 0.445 e. The SMILES string of the molecule is CS[C@@H](CC(NC(=O)[C@H](CC(C)C)NC(=O)OCc1ccccc1)C(C)=O)c1ccccc1. The maximum Gasteiger partial charge on any atom is 0.408 e. The molecule has 0 bridgehead atoms. The van der Waals surface area contributed by atoms with E-state index in [2.05, 4.69) is 10.6 Å². The highest BCUT2D eigenvalue weighted by Crippen LogP contribution is 2.31. The number of carbonyl (C=O) groups excluding carboxylic acids is 3. The van der Waals surface area contributed by atoms with Gasteiger partial charge in [0.25, 0.3) is 0 Å². The summed E-state index contributed by atoms with van der Waals surface area (Å²) in [6.07, 6.45) is 2.23. The topological polar surface area (TPSA) is 84.5 Å². The van der Waals surface area contributed by atoms with E-state index in [-0.39, 0.29) is 29.5 Å². The van der Waals surface area contributed by atoms with Gasteiger partial charge in [-0.2, -0.15) is 11.8 Å². The highest BCUT2D eigenvalue weighted by molar-refractivity contribution is 7.98. The minimum absolute atomic E-state index is 0.0627. The predicted octanol–water partition coefficient (Wildman–Crippen LogP) is 4.90. The number of hydrogen-bond donors (Lipinski definition) is 2. The van der Waals surface area contributed by atoms with E-state index in [4.69, 9.17) is 4.74 Å². The van der Waals surface area contributed by atoms with Crippen LogP contribution < -0.4 is 10.6 Å². The van der Waals surface area contributed by atoms with Crippen LogP contribution in [0.15, 0.2) is 60.7 Å². The van der Waals surface area contributed by atoms with Crippen LogP contribution in [0, 0.1) is 5.92 Å². The number of carbonyl (C=O) groups is 3. The predicted molar refractivity (Wildman–Crippen MR) is 133 cm³/mol. The van der Waals surface area contributed by atoms with E-state index in [0.29, 0.717) is 12.8 Å². The highest BCUT2D eigenvalue weighted by Gasteiger charge is 2.28. The van der Waals surface area contributed by atoms with Crippen LogP contribution >= 0.6 is 11.8 Å². The third-order valence-corrected chi connectivity index (χ3v) is 6.27. The molecule has 0 aliphatic carbocycles. The van der Waals surface area contributed by atoms with Crippen molar-refractivity contribution in [3.8, 4) is 0 Å². The molecule has 33 heavy (non-hydrogen) atoms. The van der Waals surface area contributed by atoms with Gasteiger partial charge >= 0.3 is 6.09 Å². The zero-order valence-electron chi connectivity index (χ0n) is 19.7. The minimum atomic E-state index is -0.792. The molecule has 0 aromatic heterocycles. The number of ether oxygens (including phenoxy) is 1. The summed E-state index contributed by atoms with van der Waals surface area (Å²) in [5.74, 6) is -0.337. The number of hydrogen-bond acceptors (Lipinski definition) is 5. The summed E-state index contributed by atoms with van der Waals surface area (Å²) in [4.78, 5) is 37.8. The van der Waals surface area contributed by atoms with Crippen molar-refractivity contribution in [3.63, 3.8) is 0 Å². The third kappa shape index (κ3) is 9.30. The molecule has 0 radical (unpaired) electrons. The molecular formula is C26H34N2O4S. The van der Waals surface area contributed by atoms with Gasteiger partial charge in [-0.3, -0.25) is 9.59 Å². The Balaban J connectivity index is 2.02. The van der Waals surface area contributed by atoms with Crippen LogP contribution in [0.4, 0.5) is 4.79 Å². The van der Waals surface area contributed by atoms with Crippen molar-refractivity contribution in [1.29, 1.82) is 0 Å². The van der Waals surface area contributed by atoms with E-state index in [0.717, 1.165) is 11.1 Å². The summed E-state index contributed by atoms with van der Waals surface area (Å²) >= 11 is 1.64. The van der Waals surface area contributed by atoms with E-state index in [1.54, 1.807) is 11.8 Å². The fourth-order valence-electron chi connectivity index (χ4n) is 3.46. The van der Waals surface area contributed by atoms with Gasteiger partial charge in [0, 0.05) is 5.25 Å². The average Bonchev–Trinajstić information content (AvgIpc) is 2.80. The third-order valence-electron chi connectivity index (χ3n) is 5.24. The Labute approximate surface area is 200 Å². The number of rotatable bonds is 12. The summed E-state index contributed by atoms with van der Waals surface area (Å²) < 4.78 is 5.28. The first kappa shape index (κ1) is 26.5. The van der Waals surface area contributed by atoms with Gasteiger partial charge in [-0.15, -0.1) is 0 Å². The van der Waals surface area contributed by atoms with Gasteiger partial charge in [-0.1, -0.05) is 74.5 Å². The highest BCUT2D eigenvalue weighted by atomic mass is 32.2. The molecule has 1 unspecified atom stereocenters. The summed E-state index contributed by atoms with van der Waals surface area (Å²) in [6.45, 7) is 5.54. The van der Waals surface area contributed by atoms with Crippen molar-refractivity contribution in [2.45, 2.75) is 57.6 Å². The van der Waals surface area contributed by atoms with E-state index in [1.807, 2.05) is 80.8 Å². The molecule has 178 valence electrons. The van der Waals surface area contributed by atoms with Gasteiger partial charge in [0.1, 0.15) is 12.6 Å². The molecule has 2 amide bonds. The fourth-order valence-corrected chi connectivity index (χ4v) is 4.27. The Morgan fingerprint density at radius 3 is 2.03 bits per heavy atom. The lowest BCUT2D eigenvalue weighted by molar-refractivity contribution is -0.128. The molecule has 0 saturated carbocycles. The second-order valence-corrected chi connectivity index (χ2v) is 9.47. The van der Waals surface area contributed by atoms with Crippen molar-refractivity contribution in [2.75, 3.05) is 6.26 Å². The first-order valence-electron chi connectivity index (χ1n) is 11.2. The molecular weight excluding hydrogens is 436 g/mol. The molecule has 2 rings (SSSR count). The first-order chi connectivity index (χ1) is 15.8. The second kappa shape index (κ2) is 13.7. The van der Waals surface area contributed by atoms with Crippen LogP contribution in [0.5, 0.6) is 0 Å². The number of benzene rings is 2. The van der Waals surface area contributed by atoms with Gasteiger partial charge in [0.05, 0.1) is 6.04 Å². The van der Waals surface area contributed by atoms with Crippen molar-refractivity contribution >= 4 is 29.5 Å². The number of nitrogens with one attached hydrogen (secondary N) is 2. The Bertz CT molecular complexity index is 890. The Morgan fingerprint density at radius 2 is 1.48 bits per heavy atom. The molecule has 7 heteroatoms. The molecule has 0 spiro atoms. The molecule has 0 aliphatic rings. The standard InChI is InChI=1S/C26H34N2O4S/c1-18(2)15-23(28-26(31)32-17-20-11-7-5-8-12-20)25(30)27-22(19(3)29)16-24(33-4)21-13-9-6-10-14-21/h5-14,18,22-24H,15-17H2,1-4H3,(H,27,30)(H,28,31)/t22?,23-,24-/m0/s1. The number of amides is 2. The van der Waals surface area contributed by atoms with E-state index < -0.39 is 18.2 Å². The van der Waals surface area contributed by atoms with Crippen LogP contribution in [0.2, 0.25) is 0 Å². The number of thioether (sulfide) groups is 1. The number of Topliss-reactive ketones (excluding diaryl/α,β-unsaturated/α-hetero) is 1. The van der Waals surface area contributed by atoms with Crippen LogP contribution in [0.25, 0.3) is 0 Å². The molecule has 3 atom stereocenters. The molecule has 0 heterocycles. The van der Waals surface area contributed by atoms with Crippen molar-refractivity contribution < 1.29 is 19.1 Å². The summed E-state index contributed by atoms with van der Waals surface area (Å²) in [5.41, 5.74) is 1.96. The van der Waals surface area contributed by atoms with Crippen LogP contribution in [-0.4, -0.2) is 36.1 Å². The maximum atomic E-state index is 13.1. The van der Waals surface area contributed by atoms with E-state index in [9.17, 15) is 14.4 Å². The Hall–Kier alpha value is -2.80. The smallest absolute Gasteiger partial charge is 0.408 e. The summed E-state index contributed by atoms with van der Waals surface area (Å²) in [7, 11) is 0. The summed E-state index contributed by atoms with van der Waals surface area (Å²) in [6, 6.07) is 17.8. The van der Waals surface area contributed by atoms with Gasteiger partial charge < -0.3 is 15.4 Å². The quantitative estimate of drug-likeness (QED) is 0.461. The molecule has 2 aromatic carbocycles. The molecule has 2 N–H and O–H groups in total. The van der Waals surface area contributed by atoms with Crippen LogP contribution in [0.3, 0.4) is 0 Å². The van der Waals surface area contributed by atoms with E-state index >= 15 is 0 Å². The number of alkyl carbamates (subject to hydrolysis) is 1. The zero-order valence-corrected chi connectivity index (χ0v) is 20.6. The number of ketones is 1. The van der Waals surface area contributed by atoms with Gasteiger partial charge in [-0.25, -0.2) is 4.79 Å². The van der Waals surface area contributed by atoms with Crippen molar-refractivity contribution in [3.05, 3.63) is 71.8 Å². The van der Waals surface area contributed by atoms with Crippen molar-refractivity contribution in [2.24, 2.45) is 5.92 Å². The molecule has 0 fully saturated rings. The fraction of sp³-hybridized carbons (Fsp3) is 0.423. The molecule has 6 nitrogen and oxygen atoms in total. The van der Waals surface area contributed by atoms with Gasteiger partial charge in [0.15, 0.2) is 5.78 Å². The molecule has 2 aromatic rings.